The lowest BCUT2D eigenvalue weighted by atomic mass is 9.71. The number of hydrogen-bond acceptors (Lipinski definition) is 6. The zero-order valence-electron chi connectivity index (χ0n) is 23.2. The number of fused-ring (bicyclic) bond motifs is 2. The minimum absolute atomic E-state index is 0.148. The average molecular weight is 572 g/mol. The summed E-state index contributed by atoms with van der Waals surface area (Å²) in [6, 6.07) is 11.3. The minimum atomic E-state index is -1.57. The number of rotatable bonds is 8. The number of ether oxygens (including phenoxy) is 2. The van der Waals surface area contributed by atoms with Crippen LogP contribution in [0.3, 0.4) is 0 Å². The molecule has 1 aliphatic carbocycles. The molecule has 2 aromatic carbocycles. The number of methoxy groups -OCH3 is 1. The van der Waals surface area contributed by atoms with Crippen LogP contribution in [0.15, 0.2) is 52.9 Å². The Kier molecular flexibility index (Phi) is 10.9. The van der Waals surface area contributed by atoms with Gasteiger partial charge in [-0.1, -0.05) is 48.9 Å². The highest BCUT2D eigenvalue weighted by molar-refractivity contribution is 7.75. The maximum atomic E-state index is 12.9. The van der Waals surface area contributed by atoms with Crippen molar-refractivity contribution in [3.63, 3.8) is 0 Å². The van der Waals surface area contributed by atoms with Gasteiger partial charge in [-0.15, -0.1) is 0 Å². The van der Waals surface area contributed by atoms with Gasteiger partial charge in [0.2, 0.25) is 0 Å². The Bertz CT molecular complexity index is 1260. The number of amides is 1. The fraction of sp³-hybridized carbons (Fsp3) is 0.516. The highest BCUT2D eigenvalue weighted by Crippen LogP contribution is 2.38. The molecule has 3 unspecified atom stereocenters. The molecule has 0 N–H and O–H groups in total. The molecule has 2 aromatic rings. The molecule has 8 heteroatoms. The van der Waals surface area contributed by atoms with Gasteiger partial charge in [-0.25, -0.2) is 0 Å². The van der Waals surface area contributed by atoms with E-state index in [1.165, 1.54) is 24.0 Å². The Labute approximate surface area is 239 Å². The zero-order valence-corrected chi connectivity index (χ0v) is 24.8. The number of aryl methyl sites for hydroxylation is 1. The van der Waals surface area contributed by atoms with Crippen molar-refractivity contribution in [1.29, 1.82) is 0 Å². The highest BCUT2D eigenvalue weighted by atomic mass is 35.5. The van der Waals surface area contributed by atoms with Crippen LogP contribution in [0.1, 0.15) is 66.9 Å². The van der Waals surface area contributed by atoms with Crippen LogP contribution in [0, 0.1) is 11.8 Å². The van der Waals surface area contributed by atoms with Gasteiger partial charge in [0.05, 0.1) is 18.4 Å². The average Bonchev–Trinajstić information content (AvgIpc) is 2.94. The molecule has 3 atom stereocenters. The van der Waals surface area contributed by atoms with Gasteiger partial charge in [0.15, 0.2) is 0 Å². The molecular weight excluding hydrogens is 532 g/mol. The molecule has 2 aliphatic rings. The largest absolute Gasteiger partial charge is 0.491 e. The monoisotopic (exact) mass is 571 g/mol. The summed E-state index contributed by atoms with van der Waals surface area (Å²) in [4.78, 5) is 15.0. The third kappa shape index (κ3) is 8.09. The Balaban J connectivity index is 1.39. The summed E-state index contributed by atoms with van der Waals surface area (Å²) in [7, 11) is 2.16. The zero-order chi connectivity index (χ0) is 27.8. The van der Waals surface area contributed by atoms with Crippen LogP contribution in [0.4, 0.5) is 5.69 Å². The van der Waals surface area contributed by atoms with E-state index < -0.39 is 16.5 Å². The molecule has 39 heavy (non-hydrogen) atoms. The summed E-state index contributed by atoms with van der Waals surface area (Å²) < 4.78 is 28.2. The summed E-state index contributed by atoms with van der Waals surface area (Å²) in [6.45, 7) is 3.52. The van der Waals surface area contributed by atoms with Crippen molar-refractivity contribution in [3.05, 3.63) is 70.3 Å². The lowest BCUT2D eigenvalue weighted by molar-refractivity contribution is 0.0178. The van der Waals surface area contributed by atoms with Crippen molar-refractivity contribution in [2.75, 3.05) is 31.4 Å². The van der Waals surface area contributed by atoms with E-state index in [-0.39, 0.29) is 6.10 Å². The van der Waals surface area contributed by atoms with Gasteiger partial charge in [0.1, 0.15) is 5.75 Å². The normalized spacial score (nSPS) is 21.3. The quantitative estimate of drug-likeness (QED) is 0.188. The topological polar surface area (TPSA) is 68.2 Å². The van der Waals surface area contributed by atoms with Gasteiger partial charge in [-0.05, 0) is 91.8 Å². The van der Waals surface area contributed by atoms with E-state index in [2.05, 4.69) is 34.4 Å². The first-order valence-corrected chi connectivity index (χ1v) is 15.6. The lowest BCUT2D eigenvalue weighted by Crippen LogP contribution is -2.34. The SMILES string of the molecule is COC(C=CCCC[S-](=O)=NC(=O)c1ccc2c(c1)N(C)Cc1ccc(Cl)cc1CCCCO2)C1CCC1C. The smallest absolute Gasteiger partial charge is 0.254 e. The van der Waals surface area contributed by atoms with Crippen LogP contribution < -0.4 is 9.64 Å². The van der Waals surface area contributed by atoms with Crippen molar-refractivity contribution in [1.82, 2.24) is 0 Å². The van der Waals surface area contributed by atoms with Crippen molar-refractivity contribution < 1.29 is 18.5 Å². The molecule has 0 saturated heterocycles. The highest BCUT2D eigenvalue weighted by Gasteiger charge is 2.32. The first-order chi connectivity index (χ1) is 18.9. The summed E-state index contributed by atoms with van der Waals surface area (Å²) in [6.07, 6.45) is 11.2. The standard InChI is InChI=1S/C31H40ClN2O4S/c1-22-11-15-27(22)29(37-3)10-5-4-8-18-39(36)33-31(35)24-13-16-30-28(20-24)34(2)21-25-12-14-26(32)19-23(25)9-6-7-17-38-30/h5,10,12-14,16,19-20,22,27,29H,4,6-9,11,15,17-18,21H2,1-3H3/q-1. The number of hydrogen-bond donors (Lipinski definition) is 0. The summed E-state index contributed by atoms with van der Waals surface area (Å²) in [5, 5.41) is 0.740. The van der Waals surface area contributed by atoms with Gasteiger partial charge < -0.3 is 22.9 Å². The Morgan fingerprint density at radius 2 is 2.08 bits per heavy atom. The number of carbonyl (C=O) groups excluding carboxylic acids is 1. The van der Waals surface area contributed by atoms with Crippen LogP contribution in [-0.2, 0) is 32.5 Å². The van der Waals surface area contributed by atoms with Gasteiger partial charge in [0.25, 0.3) is 5.91 Å². The van der Waals surface area contributed by atoms with Crippen LogP contribution >= 0.6 is 11.6 Å². The first-order valence-electron chi connectivity index (χ1n) is 13.9. The third-order valence-electron chi connectivity index (χ3n) is 7.87. The fourth-order valence-corrected chi connectivity index (χ4v) is 6.30. The van der Waals surface area contributed by atoms with Gasteiger partial charge in [-0.2, -0.15) is 10.6 Å². The molecule has 1 amide bonds. The van der Waals surface area contributed by atoms with E-state index >= 15 is 0 Å². The molecule has 212 valence electrons. The third-order valence-corrected chi connectivity index (χ3v) is 9.11. The number of halogens is 1. The van der Waals surface area contributed by atoms with E-state index in [0.717, 1.165) is 42.1 Å². The molecule has 1 heterocycles. The minimum Gasteiger partial charge on any atom is -0.491 e. The Morgan fingerprint density at radius 1 is 1.23 bits per heavy atom. The van der Waals surface area contributed by atoms with Crippen LogP contribution in [-0.4, -0.2) is 38.5 Å². The number of unbranched alkanes of at least 4 members (excludes halogenated alkanes) is 1. The van der Waals surface area contributed by atoms with Crippen LogP contribution in [0.25, 0.3) is 0 Å². The lowest BCUT2D eigenvalue weighted by Gasteiger charge is -2.38. The first kappa shape index (κ1) is 29.6. The van der Waals surface area contributed by atoms with Crippen LogP contribution in [0.2, 0.25) is 5.02 Å². The van der Waals surface area contributed by atoms with Crippen molar-refractivity contribution >= 4 is 33.8 Å². The predicted molar refractivity (Wildman–Crippen MR) is 159 cm³/mol. The van der Waals surface area contributed by atoms with E-state index in [1.54, 1.807) is 19.2 Å². The van der Waals surface area contributed by atoms with Crippen LogP contribution in [0.5, 0.6) is 5.75 Å². The van der Waals surface area contributed by atoms with Crippen molar-refractivity contribution in [2.45, 2.75) is 64.5 Å². The fourth-order valence-electron chi connectivity index (χ4n) is 5.31. The molecular formula is C31H40ClN2O4S-. The maximum absolute atomic E-state index is 12.9. The molecule has 1 saturated carbocycles. The van der Waals surface area contributed by atoms with Gasteiger partial charge >= 0.3 is 0 Å². The van der Waals surface area contributed by atoms with Gasteiger partial charge in [0, 0.05) is 31.3 Å². The Hall–Kier alpha value is -2.35. The number of carbonyl (C=O) groups is 1. The summed E-state index contributed by atoms with van der Waals surface area (Å²) in [5.74, 6) is 1.90. The molecule has 1 fully saturated rings. The number of allylic oxidation sites excluding steroid dienone is 1. The second-order valence-corrected chi connectivity index (χ2v) is 12.3. The summed E-state index contributed by atoms with van der Waals surface area (Å²) in [5.41, 5.74) is 3.65. The molecule has 0 aromatic heterocycles. The second-order valence-electron chi connectivity index (χ2n) is 10.7. The second kappa shape index (κ2) is 14.3. The molecule has 0 spiro atoms. The molecule has 0 bridgehead atoms. The van der Waals surface area contributed by atoms with E-state index in [0.29, 0.717) is 42.7 Å². The van der Waals surface area contributed by atoms with E-state index in [4.69, 9.17) is 21.1 Å². The molecule has 1 aliphatic heterocycles. The summed E-state index contributed by atoms with van der Waals surface area (Å²) >= 11 is 6.26. The molecule has 0 radical (unpaired) electrons. The Morgan fingerprint density at radius 3 is 2.82 bits per heavy atom. The maximum Gasteiger partial charge on any atom is 0.254 e. The number of nitrogens with zero attached hydrogens (tertiary/aromatic N) is 2. The molecule has 4 rings (SSSR count). The number of anilines is 1. The predicted octanol–water partition coefficient (Wildman–Crippen LogP) is 7.38. The van der Waals surface area contributed by atoms with Gasteiger partial charge in [-0.3, -0.25) is 4.79 Å². The van der Waals surface area contributed by atoms with Crippen molar-refractivity contribution in [3.8, 4) is 5.75 Å². The van der Waals surface area contributed by atoms with E-state index in [1.807, 2.05) is 25.2 Å². The molecule has 6 nitrogen and oxygen atoms in total. The number of benzene rings is 2. The van der Waals surface area contributed by atoms with Crippen molar-refractivity contribution in [2.24, 2.45) is 16.2 Å². The van der Waals surface area contributed by atoms with E-state index in [9.17, 15) is 9.00 Å².